The van der Waals surface area contributed by atoms with Crippen molar-refractivity contribution in [3.8, 4) is 0 Å². The van der Waals surface area contributed by atoms with Crippen molar-refractivity contribution < 1.29 is 0 Å². The molecule has 2 aromatic rings. The molecule has 102 valence electrons. The van der Waals surface area contributed by atoms with Gasteiger partial charge in [0, 0.05) is 6.54 Å². The second kappa shape index (κ2) is 7.30. The van der Waals surface area contributed by atoms with Crippen LogP contribution in [0.3, 0.4) is 0 Å². The third-order valence-electron chi connectivity index (χ3n) is 3.58. The van der Waals surface area contributed by atoms with Gasteiger partial charge in [0.1, 0.15) is 0 Å². The molecular weight excluding hydrogens is 230 g/mol. The highest BCUT2D eigenvalue weighted by Crippen LogP contribution is 2.18. The Bertz CT molecular complexity index is 497. The first-order chi connectivity index (χ1) is 9.27. The Kier molecular flexibility index (Phi) is 5.41. The molecule has 0 aliphatic carbocycles. The third kappa shape index (κ3) is 4.36. The zero-order valence-electron chi connectivity index (χ0n) is 12.2. The summed E-state index contributed by atoms with van der Waals surface area (Å²) in [6, 6.07) is 15.2. The summed E-state index contributed by atoms with van der Waals surface area (Å²) in [4.78, 5) is 0. The van der Waals surface area contributed by atoms with Crippen molar-refractivity contribution >= 4 is 10.8 Å². The minimum absolute atomic E-state index is 0.832. The van der Waals surface area contributed by atoms with Crippen LogP contribution in [0.1, 0.15) is 38.7 Å². The van der Waals surface area contributed by atoms with Gasteiger partial charge in [-0.1, -0.05) is 69.2 Å². The van der Waals surface area contributed by atoms with Crippen LogP contribution in [0, 0.1) is 5.92 Å². The molecule has 0 unspecified atom stereocenters. The molecule has 0 saturated heterocycles. The molecule has 1 nitrogen and oxygen atoms in total. The first-order valence-corrected chi connectivity index (χ1v) is 7.44. The smallest absolute Gasteiger partial charge is 0.0211 e. The van der Waals surface area contributed by atoms with Crippen molar-refractivity contribution in [1.82, 2.24) is 5.32 Å². The zero-order chi connectivity index (χ0) is 13.5. The van der Waals surface area contributed by atoms with Crippen LogP contribution < -0.4 is 5.32 Å². The Morgan fingerprint density at radius 1 is 0.947 bits per heavy atom. The highest BCUT2D eigenvalue weighted by molar-refractivity contribution is 5.85. The van der Waals surface area contributed by atoms with Gasteiger partial charge in [-0.25, -0.2) is 0 Å². The molecule has 2 aromatic carbocycles. The fourth-order valence-electron chi connectivity index (χ4n) is 2.47. The summed E-state index contributed by atoms with van der Waals surface area (Å²) in [5.41, 5.74) is 1.40. The quantitative estimate of drug-likeness (QED) is 0.704. The molecule has 1 heteroatoms. The summed E-state index contributed by atoms with van der Waals surface area (Å²) in [7, 11) is 0. The molecule has 19 heavy (non-hydrogen) atoms. The molecule has 2 rings (SSSR count). The topological polar surface area (TPSA) is 12.0 Å². The molecule has 0 saturated carbocycles. The van der Waals surface area contributed by atoms with Crippen molar-refractivity contribution in [3.63, 3.8) is 0 Å². The first kappa shape index (κ1) is 14.1. The molecule has 0 bridgehead atoms. The minimum Gasteiger partial charge on any atom is -0.313 e. The molecule has 0 fully saturated rings. The Morgan fingerprint density at radius 3 is 2.58 bits per heavy atom. The Morgan fingerprint density at radius 2 is 1.74 bits per heavy atom. The minimum atomic E-state index is 0.832. The van der Waals surface area contributed by atoms with Gasteiger partial charge in [-0.15, -0.1) is 0 Å². The molecule has 0 amide bonds. The molecule has 0 aliphatic rings. The van der Waals surface area contributed by atoms with E-state index in [1.165, 1.54) is 35.6 Å². The standard InChI is InChI=1S/C18H25N/c1-15(2)8-5-6-13-19-14-17-11-7-10-16-9-3-4-12-18(16)17/h3-4,7,9-12,15,19H,5-6,8,13-14H2,1-2H3. The van der Waals surface area contributed by atoms with Crippen LogP contribution in [0.25, 0.3) is 10.8 Å². The van der Waals surface area contributed by atoms with E-state index in [1.807, 2.05) is 0 Å². The van der Waals surface area contributed by atoms with E-state index in [0.717, 1.165) is 19.0 Å². The second-order valence-corrected chi connectivity index (χ2v) is 5.70. The number of hydrogen-bond acceptors (Lipinski definition) is 1. The number of rotatable bonds is 7. The lowest BCUT2D eigenvalue weighted by molar-refractivity contribution is 0.521. The van der Waals surface area contributed by atoms with Gasteiger partial charge in [-0.05, 0) is 35.2 Å². The van der Waals surface area contributed by atoms with Crippen LogP contribution in [0.2, 0.25) is 0 Å². The number of unbranched alkanes of at least 4 members (excludes halogenated alkanes) is 1. The number of benzene rings is 2. The van der Waals surface area contributed by atoms with Gasteiger partial charge in [0.15, 0.2) is 0 Å². The van der Waals surface area contributed by atoms with E-state index in [9.17, 15) is 0 Å². The predicted molar refractivity (Wildman–Crippen MR) is 84.3 cm³/mol. The lowest BCUT2D eigenvalue weighted by atomic mass is 10.0. The highest BCUT2D eigenvalue weighted by atomic mass is 14.8. The van der Waals surface area contributed by atoms with Gasteiger partial charge in [-0.3, -0.25) is 0 Å². The molecular formula is C18H25N. The summed E-state index contributed by atoms with van der Waals surface area (Å²) in [6.07, 6.45) is 3.96. The number of hydrogen-bond donors (Lipinski definition) is 1. The maximum absolute atomic E-state index is 3.57. The lowest BCUT2D eigenvalue weighted by Crippen LogP contribution is -2.15. The molecule has 0 aliphatic heterocycles. The number of nitrogens with one attached hydrogen (secondary N) is 1. The fourth-order valence-corrected chi connectivity index (χ4v) is 2.47. The van der Waals surface area contributed by atoms with Crippen LogP contribution >= 0.6 is 0 Å². The Balaban J connectivity index is 1.82. The van der Waals surface area contributed by atoms with E-state index < -0.39 is 0 Å². The van der Waals surface area contributed by atoms with E-state index in [2.05, 4.69) is 61.6 Å². The van der Waals surface area contributed by atoms with Crippen LogP contribution in [-0.4, -0.2) is 6.54 Å². The van der Waals surface area contributed by atoms with Gasteiger partial charge >= 0.3 is 0 Å². The Labute approximate surface area is 117 Å². The van der Waals surface area contributed by atoms with Gasteiger partial charge in [0.2, 0.25) is 0 Å². The van der Waals surface area contributed by atoms with Crippen molar-refractivity contribution in [2.24, 2.45) is 5.92 Å². The SMILES string of the molecule is CC(C)CCCCNCc1cccc2ccccc12. The summed E-state index contributed by atoms with van der Waals surface area (Å²) in [5, 5.41) is 6.28. The van der Waals surface area contributed by atoms with Crippen molar-refractivity contribution in [1.29, 1.82) is 0 Å². The summed E-state index contributed by atoms with van der Waals surface area (Å²) in [5.74, 6) is 0.832. The van der Waals surface area contributed by atoms with E-state index in [4.69, 9.17) is 0 Å². The van der Waals surface area contributed by atoms with Crippen LogP contribution in [0.5, 0.6) is 0 Å². The summed E-state index contributed by atoms with van der Waals surface area (Å²) < 4.78 is 0. The summed E-state index contributed by atoms with van der Waals surface area (Å²) in [6.45, 7) is 6.69. The number of fused-ring (bicyclic) bond motifs is 1. The van der Waals surface area contributed by atoms with E-state index >= 15 is 0 Å². The van der Waals surface area contributed by atoms with E-state index in [-0.39, 0.29) is 0 Å². The average molecular weight is 255 g/mol. The van der Waals surface area contributed by atoms with Crippen LogP contribution in [-0.2, 0) is 6.54 Å². The maximum atomic E-state index is 3.57. The third-order valence-corrected chi connectivity index (χ3v) is 3.58. The fraction of sp³-hybridized carbons (Fsp3) is 0.444. The largest absolute Gasteiger partial charge is 0.313 e. The summed E-state index contributed by atoms with van der Waals surface area (Å²) >= 11 is 0. The normalized spacial score (nSPS) is 11.3. The molecule has 0 aromatic heterocycles. The molecule has 0 radical (unpaired) electrons. The van der Waals surface area contributed by atoms with Crippen molar-refractivity contribution in [2.45, 2.75) is 39.7 Å². The van der Waals surface area contributed by atoms with Crippen LogP contribution in [0.4, 0.5) is 0 Å². The van der Waals surface area contributed by atoms with Gasteiger partial charge < -0.3 is 5.32 Å². The van der Waals surface area contributed by atoms with Gasteiger partial charge in [0.25, 0.3) is 0 Å². The van der Waals surface area contributed by atoms with E-state index in [0.29, 0.717) is 0 Å². The molecule has 0 heterocycles. The lowest BCUT2D eigenvalue weighted by Gasteiger charge is -2.09. The zero-order valence-corrected chi connectivity index (χ0v) is 12.2. The maximum Gasteiger partial charge on any atom is 0.0211 e. The van der Waals surface area contributed by atoms with E-state index in [1.54, 1.807) is 0 Å². The predicted octanol–water partition coefficient (Wildman–Crippen LogP) is 4.76. The highest BCUT2D eigenvalue weighted by Gasteiger charge is 1.99. The monoisotopic (exact) mass is 255 g/mol. The van der Waals surface area contributed by atoms with Crippen molar-refractivity contribution in [3.05, 3.63) is 48.0 Å². The Hall–Kier alpha value is -1.34. The van der Waals surface area contributed by atoms with Crippen LogP contribution in [0.15, 0.2) is 42.5 Å². The van der Waals surface area contributed by atoms with Gasteiger partial charge in [-0.2, -0.15) is 0 Å². The molecule has 1 N–H and O–H groups in total. The van der Waals surface area contributed by atoms with Crippen molar-refractivity contribution in [2.75, 3.05) is 6.54 Å². The average Bonchev–Trinajstić information content (AvgIpc) is 2.42. The first-order valence-electron chi connectivity index (χ1n) is 7.44. The second-order valence-electron chi connectivity index (χ2n) is 5.70. The molecule has 0 atom stereocenters. The van der Waals surface area contributed by atoms with Gasteiger partial charge in [0.05, 0.1) is 0 Å². The molecule has 0 spiro atoms.